The second-order valence-corrected chi connectivity index (χ2v) is 11.3. The van der Waals surface area contributed by atoms with Crippen LogP contribution >= 0.6 is 27.7 Å². The highest BCUT2D eigenvalue weighted by molar-refractivity contribution is 9.10. The number of nitrogens with one attached hydrogen (secondary N) is 1. The SMILES string of the molecule is COC(=O)C1(Br)O[C@@H]([C@H](OC(C)=O)[C@@H](COC(C)=O)OC(C)=O)[C@H](NC(C)=O)[C@@H](OC(C)=O)[C@@H]1Sc1ccccc1. The fourth-order valence-corrected chi connectivity index (χ4v) is 6.36. The molecule has 1 aliphatic rings. The standard InChI is InChI=1S/C26H32BrNO12S/c1-13(29)28-20-22(21(38-16(4)32)19(37-15(3)31)12-36-14(2)30)40-26(27,25(34)35-6)24(23(20)39-17(5)33)41-18-10-8-7-9-11-18/h7-11,19-24H,12H2,1-6H3,(H,28,29)/t19-,20+,21-,22-,23-,24+,26?/m1/s1. The molecule has 1 fully saturated rings. The van der Waals surface area contributed by atoms with Crippen molar-refractivity contribution in [2.75, 3.05) is 13.7 Å². The molecule has 0 saturated carbocycles. The van der Waals surface area contributed by atoms with Gasteiger partial charge in [-0.3, -0.25) is 24.0 Å². The van der Waals surface area contributed by atoms with Crippen LogP contribution in [0.25, 0.3) is 0 Å². The van der Waals surface area contributed by atoms with E-state index in [1.807, 2.05) is 0 Å². The van der Waals surface area contributed by atoms with E-state index in [-0.39, 0.29) is 0 Å². The molecule has 0 aliphatic carbocycles. The molecule has 41 heavy (non-hydrogen) atoms. The Morgan fingerprint density at radius 3 is 2.05 bits per heavy atom. The van der Waals surface area contributed by atoms with Crippen molar-refractivity contribution in [2.24, 2.45) is 0 Å². The van der Waals surface area contributed by atoms with E-state index in [0.717, 1.165) is 46.6 Å². The molecule has 13 nitrogen and oxygen atoms in total. The number of thioether (sulfide) groups is 1. The van der Waals surface area contributed by atoms with Crippen LogP contribution in [-0.4, -0.2) is 89.7 Å². The van der Waals surface area contributed by atoms with Gasteiger partial charge in [0.2, 0.25) is 10.4 Å². The molecule has 226 valence electrons. The van der Waals surface area contributed by atoms with Gasteiger partial charge in [0.15, 0.2) is 12.2 Å². The molecule has 1 amide bonds. The van der Waals surface area contributed by atoms with Crippen LogP contribution in [0.4, 0.5) is 0 Å². The zero-order chi connectivity index (χ0) is 30.9. The highest BCUT2D eigenvalue weighted by Gasteiger charge is 2.63. The molecule has 2 rings (SSSR count). The summed E-state index contributed by atoms with van der Waals surface area (Å²) in [6.45, 7) is 5.02. The number of carbonyl (C=O) groups excluding carboxylic acids is 6. The Morgan fingerprint density at radius 2 is 1.56 bits per heavy atom. The monoisotopic (exact) mass is 661 g/mol. The van der Waals surface area contributed by atoms with E-state index < -0.39 is 82.6 Å². The second-order valence-electron chi connectivity index (χ2n) is 8.90. The summed E-state index contributed by atoms with van der Waals surface area (Å²) < 4.78 is 30.8. The first kappa shape index (κ1) is 34.0. The van der Waals surface area contributed by atoms with Crippen LogP contribution in [0.1, 0.15) is 34.6 Å². The van der Waals surface area contributed by atoms with Crippen molar-refractivity contribution in [3.8, 4) is 0 Å². The third kappa shape index (κ3) is 9.43. The number of benzene rings is 1. The lowest BCUT2D eigenvalue weighted by Gasteiger charge is -2.50. The van der Waals surface area contributed by atoms with Crippen LogP contribution in [0.3, 0.4) is 0 Å². The highest BCUT2D eigenvalue weighted by Crippen LogP contribution is 2.47. The first-order chi connectivity index (χ1) is 19.2. The lowest BCUT2D eigenvalue weighted by atomic mass is 9.89. The van der Waals surface area contributed by atoms with Gasteiger partial charge in [-0.25, -0.2) is 4.79 Å². The van der Waals surface area contributed by atoms with Crippen LogP contribution in [0.5, 0.6) is 0 Å². The Kier molecular flexibility index (Phi) is 12.6. The minimum atomic E-state index is -2.07. The summed E-state index contributed by atoms with van der Waals surface area (Å²) in [6, 6.07) is 7.50. The van der Waals surface area contributed by atoms with Gasteiger partial charge in [-0.05, 0) is 28.1 Å². The quantitative estimate of drug-likeness (QED) is 0.207. The number of amides is 1. The molecule has 1 saturated heterocycles. The summed E-state index contributed by atoms with van der Waals surface area (Å²) in [4.78, 5) is 74.6. The summed E-state index contributed by atoms with van der Waals surface area (Å²) in [5, 5.41) is 1.57. The molecule has 0 aromatic heterocycles. The van der Waals surface area contributed by atoms with Crippen molar-refractivity contribution in [2.45, 2.75) is 79.7 Å². The number of ether oxygens (including phenoxy) is 6. The molecule has 1 aliphatic heterocycles. The first-order valence-corrected chi connectivity index (χ1v) is 14.0. The van der Waals surface area contributed by atoms with E-state index in [9.17, 15) is 28.8 Å². The third-order valence-corrected chi connectivity index (χ3v) is 8.29. The van der Waals surface area contributed by atoms with Crippen LogP contribution < -0.4 is 5.32 Å². The Bertz CT molecular complexity index is 1130. The summed E-state index contributed by atoms with van der Waals surface area (Å²) in [5.74, 6) is -4.70. The topological polar surface area (TPSA) is 170 Å². The smallest absolute Gasteiger partial charge is 0.350 e. The number of hydrogen-bond donors (Lipinski definition) is 1. The van der Waals surface area contributed by atoms with E-state index in [1.54, 1.807) is 30.3 Å². The van der Waals surface area contributed by atoms with Gasteiger partial charge >= 0.3 is 29.8 Å². The summed E-state index contributed by atoms with van der Waals surface area (Å²) in [7, 11) is 1.11. The van der Waals surface area contributed by atoms with Crippen molar-refractivity contribution >= 4 is 63.4 Å². The Labute approximate surface area is 249 Å². The molecule has 1 aromatic carbocycles. The summed E-state index contributed by atoms with van der Waals surface area (Å²) in [6.07, 6.45) is -5.90. The number of carbonyl (C=O) groups is 6. The molecule has 0 radical (unpaired) electrons. The molecule has 1 unspecified atom stereocenters. The molecule has 0 bridgehead atoms. The van der Waals surface area contributed by atoms with E-state index >= 15 is 0 Å². The van der Waals surface area contributed by atoms with Crippen LogP contribution in [0, 0.1) is 0 Å². The normalized spacial score (nSPS) is 25.0. The molecular weight excluding hydrogens is 630 g/mol. The average Bonchev–Trinajstić information content (AvgIpc) is 2.88. The van der Waals surface area contributed by atoms with Crippen molar-refractivity contribution in [1.29, 1.82) is 0 Å². The van der Waals surface area contributed by atoms with Gasteiger partial charge in [0, 0.05) is 39.5 Å². The van der Waals surface area contributed by atoms with Crippen molar-refractivity contribution in [3.63, 3.8) is 0 Å². The van der Waals surface area contributed by atoms with Gasteiger partial charge in [-0.2, -0.15) is 0 Å². The van der Waals surface area contributed by atoms with E-state index in [2.05, 4.69) is 21.2 Å². The predicted octanol–water partition coefficient (Wildman–Crippen LogP) is 1.67. The summed E-state index contributed by atoms with van der Waals surface area (Å²) in [5.41, 5.74) is 0. The van der Waals surface area contributed by atoms with E-state index in [4.69, 9.17) is 28.4 Å². The number of alkyl halides is 1. The molecule has 0 spiro atoms. The Balaban J connectivity index is 2.79. The second kappa shape index (κ2) is 15.2. The number of halogens is 1. The average molecular weight is 663 g/mol. The number of hydrogen-bond acceptors (Lipinski definition) is 13. The number of rotatable bonds is 11. The minimum Gasteiger partial charge on any atom is -0.466 e. The van der Waals surface area contributed by atoms with Crippen LogP contribution in [0.2, 0.25) is 0 Å². The van der Waals surface area contributed by atoms with Gasteiger partial charge in [0.25, 0.3) is 0 Å². The molecule has 7 atom stereocenters. The molecule has 1 aromatic rings. The van der Waals surface area contributed by atoms with Crippen LogP contribution in [-0.2, 0) is 57.2 Å². The molecule has 15 heteroatoms. The summed E-state index contributed by atoms with van der Waals surface area (Å²) >= 11 is 4.44. The van der Waals surface area contributed by atoms with E-state index in [0.29, 0.717) is 4.90 Å². The third-order valence-electron chi connectivity index (χ3n) is 5.58. The maximum Gasteiger partial charge on any atom is 0.350 e. The fourth-order valence-electron chi connectivity index (χ4n) is 4.17. The maximum atomic E-state index is 13.3. The van der Waals surface area contributed by atoms with Crippen molar-refractivity contribution in [3.05, 3.63) is 30.3 Å². The Morgan fingerprint density at radius 1 is 0.951 bits per heavy atom. The van der Waals surface area contributed by atoms with Gasteiger partial charge in [0.1, 0.15) is 18.8 Å². The Hall–Kier alpha value is -3.17. The highest BCUT2D eigenvalue weighted by atomic mass is 79.9. The predicted molar refractivity (Wildman–Crippen MR) is 146 cm³/mol. The lowest BCUT2D eigenvalue weighted by Crippen LogP contribution is -2.72. The van der Waals surface area contributed by atoms with Crippen molar-refractivity contribution < 1.29 is 57.2 Å². The maximum absolute atomic E-state index is 13.3. The molecular formula is C26H32BrNO12S. The zero-order valence-electron chi connectivity index (χ0n) is 23.2. The van der Waals surface area contributed by atoms with Gasteiger partial charge in [-0.15, -0.1) is 11.8 Å². The lowest BCUT2D eigenvalue weighted by molar-refractivity contribution is -0.221. The first-order valence-electron chi connectivity index (χ1n) is 12.3. The van der Waals surface area contributed by atoms with Gasteiger partial charge < -0.3 is 33.7 Å². The van der Waals surface area contributed by atoms with Gasteiger partial charge in [0.05, 0.1) is 18.4 Å². The minimum absolute atomic E-state index is 0.576. The zero-order valence-corrected chi connectivity index (χ0v) is 25.6. The largest absolute Gasteiger partial charge is 0.466 e. The number of methoxy groups -OCH3 is 1. The molecule has 1 N–H and O–H groups in total. The fraction of sp³-hybridized carbons (Fsp3) is 0.538. The van der Waals surface area contributed by atoms with Gasteiger partial charge in [-0.1, -0.05) is 18.2 Å². The van der Waals surface area contributed by atoms with Crippen LogP contribution in [0.15, 0.2) is 35.2 Å². The van der Waals surface area contributed by atoms with Crippen molar-refractivity contribution in [1.82, 2.24) is 5.32 Å². The van der Waals surface area contributed by atoms with E-state index in [1.165, 1.54) is 6.92 Å². The number of esters is 5. The molecule has 1 heterocycles.